The van der Waals surface area contributed by atoms with Crippen LogP contribution >= 0.6 is 27.5 Å². The molecule has 0 spiro atoms. The molecule has 0 saturated carbocycles. The first kappa shape index (κ1) is 13.2. The largest absolute Gasteiger partial charge is 0.507 e. The van der Waals surface area contributed by atoms with Gasteiger partial charge in [0, 0.05) is 11.6 Å². The summed E-state index contributed by atoms with van der Waals surface area (Å²) in [6.45, 7) is 0. The zero-order valence-corrected chi connectivity index (χ0v) is 12.4. The molecule has 3 nitrogen and oxygen atoms in total. The van der Waals surface area contributed by atoms with Gasteiger partial charge in [-0.15, -0.1) is 0 Å². The van der Waals surface area contributed by atoms with Gasteiger partial charge in [-0.05, 0) is 46.3 Å². The number of rotatable bonds is 1. The molecular formula is C15H8BrClO3. The first-order valence-electron chi connectivity index (χ1n) is 5.77. The smallest absolute Gasteiger partial charge is 0.193 e. The van der Waals surface area contributed by atoms with Crippen LogP contribution < -0.4 is 5.43 Å². The van der Waals surface area contributed by atoms with E-state index in [-0.39, 0.29) is 11.2 Å². The molecule has 0 atom stereocenters. The summed E-state index contributed by atoms with van der Waals surface area (Å²) in [5.41, 5.74) is 0.877. The average Bonchev–Trinajstić information content (AvgIpc) is 2.43. The van der Waals surface area contributed by atoms with Gasteiger partial charge in [0.2, 0.25) is 0 Å². The lowest BCUT2D eigenvalue weighted by Crippen LogP contribution is -2.00. The maximum Gasteiger partial charge on any atom is 0.193 e. The Balaban J connectivity index is 2.29. The van der Waals surface area contributed by atoms with Crippen molar-refractivity contribution < 1.29 is 9.52 Å². The maximum absolute atomic E-state index is 12.1. The Morgan fingerprint density at radius 3 is 2.70 bits per heavy atom. The minimum Gasteiger partial charge on any atom is -0.507 e. The van der Waals surface area contributed by atoms with Crippen molar-refractivity contribution in [2.45, 2.75) is 0 Å². The lowest BCUT2D eigenvalue weighted by atomic mass is 10.1. The van der Waals surface area contributed by atoms with Crippen molar-refractivity contribution in [2.24, 2.45) is 0 Å². The van der Waals surface area contributed by atoms with E-state index in [0.717, 1.165) is 0 Å². The molecule has 1 N–H and O–H groups in total. The monoisotopic (exact) mass is 350 g/mol. The molecule has 0 bridgehead atoms. The summed E-state index contributed by atoms with van der Waals surface area (Å²) in [5, 5.41) is 10.3. The Labute approximate surface area is 127 Å². The molecule has 3 aromatic rings. The van der Waals surface area contributed by atoms with Gasteiger partial charge in [0.05, 0.1) is 14.9 Å². The molecule has 0 aliphatic heterocycles. The lowest BCUT2D eigenvalue weighted by molar-refractivity contribution is 0.472. The van der Waals surface area contributed by atoms with Gasteiger partial charge in [-0.1, -0.05) is 17.7 Å². The zero-order valence-electron chi connectivity index (χ0n) is 10.1. The summed E-state index contributed by atoms with van der Waals surface area (Å²) < 4.78 is 6.24. The molecule has 5 heteroatoms. The van der Waals surface area contributed by atoms with E-state index in [2.05, 4.69) is 15.9 Å². The van der Waals surface area contributed by atoms with E-state index in [1.807, 2.05) is 0 Å². The molecule has 2 aromatic carbocycles. The molecule has 0 aliphatic rings. The second-order valence-electron chi connectivity index (χ2n) is 4.26. The van der Waals surface area contributed by atoms with Crippen molar-refractivity contribution in [3.63, 3.8) is 0 Å². The highest BCUT2D eigenvalue weighted by Gasteiger charge is 2.10. The van der Waals surface area contributed by atoms with Crippen LogP contribution in [-0.4, -0.2) is 5.11 Å². The quantitative estimate of drug-likeness (QED) is 0.698. The Kier molecular flexibility index (Phi) is 3.28. The fraction of sp³-hybridized carbons (Fsp3) is 0. The van der Waals surface area contributed by atoms with E-state index in [1.54, 1.807) is 30.3 Å². The molecule has 1 heterocycles. The van der Waals surface area contributed by atoms with Crippen LogP contribution in [0.2, 0.25) is 5.02 Å². The van der Waals surface area contributed by atoms with E-state index in [0.29, 0.717) is 31.8 Å². The van der Waals surface area contributed by atoms with Gasteiger partial charge in [0.15, 0.2) is 11.0 Å². The molecule has 0 radical (unpaired) electrons. The van der Waals surface area contributed by atoms with Crippen LogP contribution in [-0.2, 0) is 0 Å². The Morgan fingerprint density at radius 2 is 1.95 bits per heavy atom. The third-order valence-corrected chi connectivity index (χ3v) is 3.87. The number of fused-ring (bicyclic) bond motifs is 1. The van der Waals surface area contributed by atoms with Crippen molar-refractivity contribution in [2.75, 3.05) is 0 Å². The number of phenols is 1. The zero-order chi connectivity index (χ0) is 14.3. The van der Waals surface area contributed by atoms with Gasteiger partial charge >= 0.3 is 0 Å². The summed E-state index contributed by atoms with van der Waals surface area (Å²) in [7, 11) is 0. The summed E-state index contributed by atoms with van der Waals surface area (Å²) in [5.74, 6) is 0.520. The van der Waals surface area contributed by atoms with Crippen molar-refractivity contribution in [1.29, 1.82) is 0 Å². The highest BCUT2D eigenvalue weighted by atomic mass is 79.9. The number of halogens is 2. The average molecular weight is 352 g/mol. The molecule has 1 aromatic heterocycles. The Morgan fingerprint density at radius 1 is 1.15 bits per heavy atom. The minimum atomic E-state index is -0.159. The van der Waals surface area contributed by atoms with Gasteiger partial charge in [-0.2, -0.15) is 0 Å². The van der Waals surface area contributed by atoms with Crippen LogP contribution in [0.4, 0.5) is 0 Å². The SMILES string of the molecule is O=c1cc(-c2ccc(O)c(Br)c2)oc2c(Cl)cccc12. The van der Waals surface area contributed by atoms with Gasteiger partial charge in [0.1, 0.15) is 11.5 Å². The van der Waals surface area contributed by atoms with Crippen molar-refractivity contribution >= 4 is 38.5 Å². The van der Waals surface area contributed by atoms with Crippen LogP contribution in [0.25, 0.3) is 22.3 Å². The van der Waals surface area contributed by atoms with Crippen molar-refractivity contribution in [1.82, 2.24) is 0 Å². The van der Waals surface area contributed by atoms with E-state index < -0.39 is 0 Å². The number of para-hydroxylation sites is 1. The molecule has 0 unspecified atom stereocenters. The van der Waals surface area contributed by atoms with Gasteiger partial charge in [-0.25, -0.2) is 0 Å². The van der Waals surface area contributed by atoms with Crippen molar-refractivity contribution in [3.05, 3.63) is 62.2 Å². The van der Waals surface area contributed by atoms with E-state index in [9.17, 15) is 9.90 Å². The Bertz CT molecular complexity index is 871. The Hall–Kier alpha value is -1.78. The number of hydrogen-bond donors (Lipinski definition) is 1. The predicted octanol–water partition coefficient (Wildman–Crippen LogP) is 4.58. The second-order valence-corrected chi connectivity index (χ2v) is 5.52. The molecule has 20 heavy (non-hydrogen) atoms. The normalized spacial score (nSPS) is 10.9. The highest BCUT2D eigenvalue weighted by Crippen LogP contribution is 2.31. The van der Waals surface area contributed by atoms with Gasteiger partial charge in [0.25, 0.3) is 0 Å². The van der Waals surface area contributed by atoms with Crippen LogP contribution in [0.15, 0.2) is 56.1 Å². The van der Waals surface area contributed by atoms with E-state index >= 15 is 0 Å². The van der Waals surface area contributed by atoms with Crippen LogP contribution in [0, 0.1) is 0 Å². The molecule has 0 fully saturated rings. The molecule has 0 saturated heterocycles. The van der Waals surface area contributed by atoms with E-state index in [4.69, 9.17) is 16.0 Å². The van der Waals surface area contributed by atoms with Crippen LogP contribution in [0.1, 0.15) is 0 Å². The first-order valence-corrected chi connectivity index (χ1v) is 6.94. The third kappa shape index (κ3) is 2.21. The molecule has 100 valence electrons. The maximum atomic E-state index is 12.1. The first-order chi connectivity index (χ1) is 9.56. The summed E-state index contributed by atoms with van der Waals surface area (Å²) >= 11 is 9.29. The number of phenolic OH excluding ortho intramolecular Hbond substituents is 1. The summed E-state index contributed by atoms with van der Waals surface area (Å²) in [6.07, 6.45) is 0. The lowest BCUT2D eigenvalue weighted by Gasteiger charge is -2.05. The van der Waals surface area contributed by atoms with Crippen LogP contribution in [0.5, 0.6) is 5.75 Å². The van der Waals surface area contributed by atoms with Crippen molar-refractivity contribution in [3.8, 4) is 17.1 Å². The van der Waals surface area contributed by atoms with Crippen LogP contribution in [0.3, 0.4) is 0 Å². The fourth-order valence-electron chi connectivity index (χ4n) is 1.95. The highest BCUT2D eigenvalue weighted by molar-refractivity contribution is 9.10. The predicted molar refractivity (Wildman–Crippen MR) is 82.3 cm³/mol. The van der Waals surface area contributed by atoms with Gasteiger partial charge < -0.3 is 9.52 Å². The van der Waals surface area contributed by atoms with Gasteiger partial charge in [-0.3, -0.25) is 4.79 Å². The third-order valence-electron chi connectivity index (χ3n) is 2.94. The second kappa shape index (κ2) is 4.96. The summed E-state index contributed by atoms with van der Waals surface area (Å²) in [4.78, 5) is 12.1. The molecular weight excluding hydrogens is 344 g/mol. The van der Waals surface area contributed by atoms with E-state index in [1.165, 1.54) is 12.1 Å². The molecule has 0 amide bonds. The number of benzene rings is 2. The molecule has 3 rings (SSSR count). The topological polar surface area (TPSA) is 50.4 Å². The minimum absolute atomic E-state index is 0.120. The molecule has 0 aliphatic carbocycles. The standard InChI is InChI=1S/C15H8BrClO3/c16-10-6-8(4-5-12(10)18)14-7-13(19)9-2-1-3-11(17)15(9)20-14/h1-7,18H. The summed E-state index contributed by atoms with van der Waals surface area (Å²) in [6, 6.07) is 11.3. The number of hydrogen-bond acceptors (Lipinski definition) is 3. The number of aromatic hydroxyl groups is 1. The fourth-order valence-corrected chi connectivity index (χ4v) is 2.54.